The molecule has 0 unspecified atom stereocenters. The first kappa shape index (κ1) is 18.3. The second-order valence-electron chi connectivity index (χ2n) is 6.33. The molecule has 0 heteroatoms. The van der Waals surface area contributed by atoms with Gasteiger partial charge in [-0.15, -0.1) is 0 Å². The van der Waals surface area contributed by atoms with Gasteiger partial charge < -0.3 is 0 Å². The Labute approximate surface area is 133 Å². The fourth-order valence-electron chi connectivity index (χ4n) is 2.81. The van der Waals surface area contributed by atoms with Crippen molar-refractivity contribution in [3.05, 3.63) is 36.5 Å². The molecular weight excluding hydrogens is 252 g/mol. The molecule has 1 rings (SSSR count). The fourth-order valence-corrected chi connectivity index (χ4v) is 2.81. The molecule has 0 aromatic rings. The lowest BCUT2D eigenvalue weighted by Gasteiger charge is -1.97. The zero-order valence-electron chi connectivity index (χ0n) is 14.1. The summed E-state index contributed by atoms with van der Waals surface area (Å²) in [4.78, 5) is 0. The van der Waals surface area contributed by atoms with E-state index in [1.165, 1.54) is 96.3 Å². The van der Waals surface area contributed by atoms with Crippen LogP contribution in [0.5, 0.6) is 0 Å². The standard InChI is InChI=1S/C21H36/c1-2-4-6-8-10-12-14-16-18-20-21-19-17-15-13-11-9-7-5-3-1/h1-2,13-16H,3-12,17-21H2/b2-1-,15-13-,16-14-. The van der Waals surface area contributed by atoms with Crippen LogP contribution in [0.4, 0.5) is 0 Å². The summed E-state index contributed by atoms with van der Waals surface area (Å²) in [7, 11) is 0. The highest BCUT2D eigenvalue weighted by atomic mass is 14.0. The molecule has 0 atom stereocenters. The van der Waals surface area contributed by atoms with Crippen molar-refractivity contribution >= 4 is 0 Å². The van der Waals surface area contributed by atoms with Crippen LogP contribution in [0.3, 0.4) is 0 Å². The van der Waals surface area contributed by atoms with Crippen LogP contribution in [0.2, 0.25) is 0 Å². The molecule has 0 saturated heterocycles. The predicted octanol–water partition coefficient (Wildman–Crippen LogP) is 7.52. The highest BCUT2D eigenvalue weighted by molar-refractivity contribution is 4.84. The first-order valence-corrected chi connectivity index (χ1v) is 9.45. The molecule has 0 saturated carbocycles. The molecule has 0 fully saturated rings. The third-order valence-electron chi connectivity index (χ3n) is 4.22. The van der Waals surface area contributed by atoms with E-state index in [9.17, 15) is 0 Å². The molecule has 0 radical (unpaired) electrons. The van der Waals surface area contributed by atoms with Crippen molar-refractivity contribution in [2.24, 2.45) is 0 Å². The van der Waals surface area contributed by atoms with Crippen molar-refractivity contribution in [1.29, 1.82) is 0 Å². The lowest BCUT2D eigenvalue weighted by atomic mass is 10.1. The van der Waals surface area contributed by atoms with E-state index in [2.05, 4.69) is 36.5 Å². The predicted molar refractivity (Wildman–Crippen MR) is 96.7 cm³/mol. The van der Waals surface area contributed by atoms with Gasteiger partial charge in [0, 0.05) is 0 Å². The van der Waals surface area contributed by atoms with Crippen molar-refractivity contribution in [1.82, 2.24) is 0 Å². The Bertz CT molecular complexity index is 211. The van der Waals surface area contributed by atoms with Gasteiger partial charge >= 0.3 is 0 Å². The first-order chi connectivity index (χ1) is 10.5. The van der Waals surface area contributed by atoms with Gasteiger partial charge in [-0.2, -0.15) is 0 Å². The van der Waals surface area contributed by atoms with Crippen LogP contribution < -0.4 is 0 Å². The molecule has 120 valence electrons. The fraction of sp³-hybridized carbons (Fsp3) is 0.714. The number of rotatable bonds is 0. The Balaban J connectivity index is 2.16. The van der Waals surface area contributed by atoms with Crippen molar-refractivity contribution in [2.45, 2.75) is 96.3 Å². The summed E-state index contributed by atoms with van der Waals surface area (Å²) in [6.45, 7) is 0. The van der Waals surface area contributed by atoms with Gasteiger partial charge in [0.1, 0.15) is 0 Å². The van der Waals surface area contributed by atoms with Crippen molar-refractivity contribution in [3.8, 4) is 0 Å². The molecule has 21 heavy (non-hydrogen) atoms. The van der Waals surface area contributed by atoms with Gasteiger partial charge in [0.15, 0.2) is 0 Å². The zero-order chi connectivity index (χ0) is 14.8. The average Bonchev–Trinajstić information content (AvgIpc) is 2.50. The number of hydrogen-bond acceptors (Lipinski definition) is 0. The third-order valence-corrected chi connectivity index (χ3v) is 4.22. The van der Waals surface area contributed by atoms with Gasteiger partial charge in [0.2, 0.25) is 0 Å². The van der Waals surface area contributed by atoms with E-state index in [0.29, 0.717) is 0 Å². The Morgan fingerprint density at radius 3 is 0.619 bits per heavy atom. The second-order valence-corrected chi connectivity index (χ2v) is 6.33. The molecule has 0 aromatic carbocycles. The highest BCUT2D eigenvalue weighted by Gasteiger charge is 1.90. The van der Waals surface area contributed by atoms with Gasteiger partial charge in [0.25, 0.3) is 0 Å². The van der Waals surface area contributed by atoms with E-state index in [1.54, 1.807) is 0 Å². The maximum atomic E-state index is 2.40. The molecule has 0 aromatic heterocycles. The molecule has 1 aliphatic carbocycles. The van der Waals surface area contributed by atoms with Crippen LogP contribution in [-0.4, -0.2) is 0 Å². The maximum absolute atomic E-state index is 2.40. The van der Waals surface area contributed by atoms with Gasteiger partial charge in [-0.05, 0) is 77.0 Å². The van der Waals surface area contributed by atoms with E-state index < -0.39 is 0 Å². The SMILES string of the molecule is C1=C\CCCCC/C=C\CCCCC/C=C\CCCCC/1. The molecule has 0 aliphatic heterocycles. The second kappa shape index (κ2) is 15.6. The molecule has 0 N–H and O–H groups in total. The number of hydrogen-bond donors (Lipinski definition) is 0. The summed E-state index contributed by atoms with van der Waals surface area (Å²) < 4.78 is 0. The molecule has 0 amide bonds. The molecule has 0 nitrogen and oxygen atoms in total. The van der Waals surface area contributed by atoms with Crippen molar-refractivity contribution < 1.29 is 0 Å². The largest absolute Gasteiger partial charge is 0.0885 e. The molecule has 0 bridgehead atoms. The summed E-state index contributed by atoms with van der Waals surface area (Å²) in [6, 6.07) is 0. The molecule has 0 spiro atoms. The summed E-state index contributed by atoms with van der Waals surface area (Å²) >= 11 is 0. The van der Waals surface area contributed by atoms with Gasteiger partial charge in [-0.1, -0.05) is 55.7 Å². The smallest absolute Gasteiger partial charge is 0.0351 e. The topological polar surface area (TPSA) is 0 Å². The molecular formula is C21H36. The van der Waals surface area contributed by atoms with E-state index in [-0.39, 0.29) is 0 Å². The molecule has 0 heterocycles. The van der Waals surface area contributed by atoms with Gasteiger partial charge in [-0.3, -0.25) is 0 Å². The monoisotopic (exact) mass is 288 g/mol. The van der Waals surface area contributed by atoms with Gasteiger partial charge in [0.05, 0.1) is 0 Å². The Kier molecular flexibility index (Phi) is 13.6. The van der Waals surface area contributed by atoms with Crippen LogP contribution in [-0.2, 0) is 0 Å². The van der Waals surface area contributed by atoms with E-state index in [4.69, 9.17) is 0 Å². The van der Waals surface area contributed by atoms with Crippen molar-refractivity contribution in [3.63, 3.8) is 0 Å². The van der Waals surface area contributed by atoms with Crippen LogP contribution in [0.25, 0.3) is 0 Å². The summed E-state index contributed by atoms with van der Waals surface area (Å²) in [5.74, 6) is 0. The summed E-state index contributed by atoms with van der Waals surface area (Å²) in [6.07, 6.45) is 34.5. The average molecular weight is 289 g/mol. The Morgan fingerprint density at radius 1 is 0.238 bits per heavy atom. The van der Waals surface area contributed by atoms with E-state index >= 15 is 0 Å². The molecule has 1 aliphatic rings. The minimum atomic E-state index is 1.28. The minimum Gasteiger partial charge on any atom is -0.0885 e. The van der Waals surface area contributed by atoms with Crippen molar-refractivity contribution in [2.75, 3.05) is 0 Å². The van der Waals surface area contributed by atoms with Crippen LogP contribution in [0.1, 0.15) is 96.3 Å². The zero-order valence-corrected chi connectivity index (χ0v) is 14.1. The van der Waals surface area contributed by atoms with Crippen LogP contribution in [0.15, 0.2) is 36.5 Å². The van der Waals surface area contributed by atoms with E-state index in [1.807, 2.05) is 0 Å². The minimum absolute atomic E-state index is 1.28. The van der Waals surface area contributed by atoms with E-state index in [0.717, 1.165) is 0 Å². The lowest BCUT2D eigenvalue weighted by Crippen LogP contribution is -1.77. The first-order valence-electron chi connectivity index (χ1n) is 9.45. The lowest BCUT2D eigenvalue weighted by molar-refractivity contribution is 0.684. The summed E-state index contributed by atoms with van der Waals surface area (Å²) in [5, 5.41) is 0. The maximum Gasteiger partial charge on any atom is -0.0351 e. The van der Waals surface area contributed by atoms with Gasteiger partial charge in [-0.25, -0.2) is 0 Å². The Hall–Kier alpha value is -0.780. The highest BCUT2D eigenvalue weighted by Crippen LogP contribution is 2.10. The van der Waals surface area contributed by atoms with Crippen LogP contribution in [0, 0.1) is 0 Å². The summed E-state index contributed by atoms with van der Waals surface area (Å²) in [5.41, 5.74) is 0. The van der Waals surface area contributed by atoms with Crippen LogP contribution >= 0.6 is 0 Å². The quantitative estimate of drug-likeness (QED) is 0.404. The third kappa shape index (κ3) is 13.9. The normalized spacial score (nSPS) is 26.3. The number of allylic oxidation sites excluding steroid dienone is 6. The Morgan fingerprint density at radius 2 is 0.429 bits per heavy atom.